The highest BCUT2D eigenvalue weighted by Crippen LogP contribution is 2.19. The molecule has 1 aromatic carbocycles. The highest BCUT2D eigenvalue weighted by atomic mass is 32.2. The third-order valence-corrected chi connectivity index (χ3v) is 5.66. The lowest BCUT2D eigenvalue weighted by atomic mass is 9.97. The number of benzene rings is 1. The van der Waals surface area contributed by atoms with E-state index in [0.29, 0.717) is 6.54 Å². The van der Waals surface area contributed by atoms with Crippen molar-refractivity contribution in [3.05, 3.63) is 29.8 Å². The van der Waals surface area contributed by atoms with Crippen LogP contribution in [0.5, 0.6) is 5.75 Å². The van der Waals surface area contributed by atoms with E-state index in [2.05, 4.69) is 22.5 Å². The number of likely N-dealkylation sites (tertiary alicyclic amines) is 1. The maximum absolute atomic E-state index is 11.6. The summed E-state index contributed by atoms with van der Waals surface area (Å²) < 4.78 is 10.6. The van der Waals surface area contributed by atoms with Gasteiger partial charge in [-0.1, -0.05) is 12.1 Å². The second-order valence-corrected chi connectivity index (χ2v) is 8.22. The molecule has 1 aromatic rings. The SMILES string of the molecule is COC(=O)C1CCN(C[C@@H](O)COc2cccc(CNCCCSC)c2)CC1. The minimum absolute atomic E-state index is 0.00767. The monoisotopic (exact) mass is 410 g/mol. The maximum atomic E-state index is 11.6. The van der Waals surface area contributed by atoms with Crippen molar-refractivity contribution in [3.8, 4) is 5.75 Å². The van der Waals surface area contributed by atoms with E-state index in [1.165, 1.54) is 24.8 Å². The van der Waals surface area contributed by atoms with Crippen LogP contribution in [0.15, 0.2) is 24.3 Å². The number of thioether (sulfide) groups is 1. The van der Waals surface area contributed by atoms with Gasteiger partial charge in [0.2, 0.25) is 0 Å². The summed E-state index contributed by atoms with van der Waals surface area (Å²) in [5.74, 6) is 1.83. The minimum atomic E-state index is -0.553. The summed E-state index contributed by atoms with van der Waals surface area (Å²) in [4.78, 5) is 13.8. The molecule has 0 radical (unpaired) electrons. The Morgan fingerprint density at radius 3 is 2.89 bits per heavy atom. The molecule has 1 fully saturated rings. The fourth-order valence-electron chi connectivity index (χ4n) is 3.38. The molecule has 28 heavy (non-hydrogen) atoms. The first kappa shape index (κ1) is 23.0. The molecular weight excluding hydrogens is 376 g/mol. The van der Waals surface area contributed by atoms with Gasteiger partial charge in [-0.2, -0.15) is 11.8 Å². The van der Waals surface area contributed by atoms with Crippen LogP contribution in [0.2, 0.25) is 0 Å². The predicted octanol–water partition coefficient (Wildman–Crippen LogP) is 2.15. The zero-order chi connectivity index (χ0) is 20.2. The van der Waals surface area contributed by atoms with Crippen molar-refractivity contribution in [2.45, 2.75) is 31.9 Å². The number of carbonyl (C=O) groups is 1. The molecule has 1 aliphatic rings. The molecule has 1 heterocycles. The molecule has 0 amide bonds. The Bertz CT molecular complexity index is 579. The van der Waals surface area contributed by atoms with Crippen molar-refractivity contribution in [2.24, 2.45) is 5.92 Å². The molecule has 1 atom stereocenters. The molecule has 6 nitrogen and oxygen atoms in total. The average molecular weight is 411 g/mol. The van der Waals surface area contributed by atoms with Crippen molar-refractivity contribution in [2.75, 3.05) is 51.9 Å². The number of β-amino-alcohol motifs (C(OH)–C–C–N with tert-alkyl or cyclic N) is 1. The van der Waals surface area contributed by atoms with Crippen molar-refractivity contribution < 1.29 is 19.4 Å². The van der Waals surface area contributed by atoms with Gasteiger partial charge in [-0.05, 0) is 68.6 Å². The third-order valence-electron chi connectivity index (χ3n) is 4.96. The van der Waals surface area contributed by atoms with Crippen LogP contribution in [0, 0.1) is 5.92 Å². The number of hydrogen-bond donors (Lipinski definition) is 2. The van der Waals surface area contributed by atoms with Gasteiger partial charge in [-0.25, -0.2) is 0 Å². The van der Waals surface area contributed by atoms with E-state index in [1.54, 1.807) is 0 Å². The summed E-state index contributed by atoms with van der Waals surface area (Å²) in [6.07, 6.45) is 4.31. The Kier molecular flexibility index (Phi) is 10.7. The maximum Gasteiger partial charge on any atom is 0.308 e. The number of esters is 1. The van der Waals surface area contributed by atoms with E-state index in [0.717, 1.165) is 44.8 Å². The Morgan fingerprint density at radius 2 is 2.18 bits per heavy atom. The number of rotatable bonds is 12. The molecule has 0 unspecified atom stereocenters. The molecular formula is C21H34N2O4S. The van der Waals surface area contributed by atoms with Crippen LogP contribution >= 0.6 is 11.8 Å². The Balaban J connectivity index is 1.66. The normalized spacial score (nSPS) is 16.7. The lowest BCUT2D eigenvalue weighted by molar-refractivity contribution is -0.147. The smallest absolute Gasteiger partial charge is 0.308 e. The Labute approximate surface area is 173 Å². The zero-order valence-corrected chi connectivity index (χ0v) is 17.9. The molecule has 1 aliphatic heterocycles. The molecule has 1 saturated heterocycles. The van der Waals surface area contributed by atoms with Crippen molar-refractivity contribution in [1.29, 1.82) is 0 Å². The lowest BCUT2D eigenvalue weighted by Gasteiger charge is -2.31. The summed E-state index contributed by atoms with van der Waals surface area (Å²) in [7, 11) is 1.44. The summed E-state index contributed by atoms with van der Waals surface area (Å²) in [5, 5.41) is 13.7. The number of ether oxygens (including phenoxy) is 2. The average Bonchev–Trinajstić information content (AvgIpc) is 2.72. The third kappa shape index (κ3) is 8.39. The topological polar surface area (TPSA) is 71.0 Å². The van der Waals surface area contributed by atoms with Gasteiger partial charge in [-0.15, -0.1) is 0 Å². The molecule has 0 saturated carbocycles. The van der Waals surface area contributed by atoms with Crippen LogP contribution in [-0.4, -0.2) is 74.0 Å². The standard InChI is InChI=1S/C21H34N2O4S/c1-26-21(25)18-7-10-23(11-8-18)15-19(24)16-27-20-6-3-5-17(13-20)14-22-9-4-12-28-2/h3,5-6,13,18-19,22,24H,4,7-12,14-16H2,1-2H3/t19-/m1/s1. The second kappa shape index (κ2) is 13.0. The summed E-state index contributed by atoms with van der Waals surface area (Å²) in [5.41, 5.74) is 1.18. The van der Waals surface area contributed by atoms with Crippen LogP contribution in [0.25, 0.3) is 0 Å². The highest BCUT2D eigenvalue weighted by molar-refractivity contribution is 7.98. The summed E-state index contributed by atoms with van der Waals surface area (Å²) >= 11 is 1.87. The number of aliphatic hydroxyl groups is 1. The van der Waals surface area contributed by atoms with Crippen molar-refractivity contribution in [3.63, 3.8) is 0 Å². The van der Waals surface area contributed by atoms with Crippen LogP contribution in [0.4, 0.5) is 0 Å². The Morgan fingerprint density at radius 1 is 1.39 bits per heavy atom. The highest BCUT2D eigenvalue weighted by Gasteiger charge is 2.26. The number of nitrogens with zero attached hydrogens (tertiary/aromatic N) is 1. The Hall–Kier alpha value is -1.28. The second-order valence-electron chi connectivity index (χ2n) is 7.23. The zero-order valence-electron chi connectivity index (χ0n) is 17.1. The fourth-order valence-corrected chi connectivity index (χ4v) is 3.81. The summed E-state index contributed by atoms with van der Waals surface area (Å²) in [6, 6.07) is 8.01. The largest absolute Gasteiger partial charge is 0.491 e. The van der Waals surface area contributed by atoms with Crippen molar-refractivity contribution in [1.82, 2.24) is 10.2 Å². The van der Waals surface area contributed by atoms with E-state index < -0.39 is 6.10 Å². The first-order valence-electron chi connectivity index (χ1n) is 10.0. The van der Waals surface area contributed by atoms with Gasteiger partial charge < -0.3 is 24.8 Å². The number of methoxy groups -OCH3 is 1. The molecule has 2 N–H and O–H groups in total. The molecule has 7 heteroatoms. The van der Waals surface area contributed by atoms with Gasteiger partial charge in [0.05, 0.1) is 13.0 Å². The molecule has 0 aromatic heterocycles. The molecule has 0 aliphatic carbocycles. The minimum Gasteiger partial charge on any atom is -0.491 e. The molecule has 0 spiro atoms. The number of piperidine rings is 1. The van der Waals surface area contributed by atoms with E-state index in [1.807, 2.05) is 30.0 Å². The van der Waals surface area contributed by atoms with Gasteiger partial charge in [0.25, 0.3) is 0 Å². The predicted molar refractivity (Wildman–Crippen MR) is 114 cm³/mol. The van der Waals surface area contributed by atoms with E-state index >= 15 is 0 Å². The van der Waals surface area contributed by atoms with Crippen LogP contribution in [0.3, 0.4) is 0 Å². The van der Waals surface area contributed by atoms with E-state index in [-0.39, 0.29) is 18.5 Å². The number of aliphatic hydroxyl groups excluding tert-OH is 1. The molecule has 2 rings (SSSR count). The van der Waals surface area contributed by atoms with Gasteiger partial charge in [0.15, 0.2) is 0 Å². The van der Waals surface area contributed by atoms with E-state index in [9.17, 15) is 9.90 Å². The van der Waals surface area contributed by atoms with Gasteiger partial charge in [0.1, 0.15) is 18.5 Å². The van der Waals surface area contributed by atoms with Gasteiger partial charge in [-0.3, -0.25) is 4.79 Å². The van der Waals surface area contributed by atoms with Crippen LogP contribution < -0.4 is 10.1 Å². The fraction of sp³-hybridized carbons (Fsp3) is 0.667. The van der Waals surface area contributed by atoms with Gasteiger partial charge >= 0.3 is 5.97 Å². The lowest BCUT2D eigenvalue weighted by Crippen LogP contribution is -2.42. The first-order valence-corrected chi connectivity index (χ1v) is 11.4. The first-order chi connectivity index (χ1) is 13.6. The number of nitrogens with one attached hydrogen (secondary N) is 1. The molecule has 158 valence electrons. The summed E-state index contributed by atoms with van der Waals surface area (Å²) in [6.45, 7) is 4.26. The molecule has 0 bridgehead atoms. The van der Waals surface area contributed by atoms with Crippen LogP contribution in [0.1, 0.15) is 24.8 Å². The number of hydrogen-bond acceptors (Lipinski definition) is 7. The quantitative estimate of drug-likeness (QED) is 0.404. The van der Waals surface area contributed by atoms with Gasteiger partial charge in [0, 0.05) is 13.1 Å². The van der Waals surface area contributed by atoms with E-state index in [4.69, 9.17) is 9.47 Å². The number of carbonyl (C=O) groups excluding carboxylic acids is 1. The van der Waals surface area contributed by atoms with Crippen molar-refractivity contribution >= 4 is 17.7 Å². The van der Waals surface area contributed by atoms with Crippen LogP contribution in [-0.2, 0) is 16.1 Å².